The Hall–Kier alpha value is -6.61. The van der Waals surface area contributed by atoms with Crippen LogP contribution in [0.25, 0.3) is 66.9 Å². The van der Waals surface area contributed by atoms with Gasteiger partial charge in [-0.3, -0.25) is 4.98 Å². The first-order valence-corrected chi connectivity index (χ1v) is 22.2. The summed E-state index contributed by atoms with van der Waals surface area (Å²) in [6.45, 7) is 13.6. The van der Waals surface area contributed by atoms with Gasteiger partial charge in [0.05, 0.1) is 23.1 Å². The van der Waals surface area contributed by atoms with E-state index in [1.165, 1.54) is 11.1 Å². The first kappa shape index (κ1) is 39.8. The van der Waals surface area contributed by atoms with Crippen molar-refractivity contribution < 1.29 is 9.52 Å². The van der Waals surface area contributed by atoms with Gasteiger partial charge in [-0.15, -0.1) is 0 Å². The van der Waals surface area contributed by atoms with Gasteiger partial charge in [-0.05, 0) is 115 Å². The summed E-state index contributed by atoms with van der Waals surface area (Å²) in [7, 11) is -1.27. The lowest BCUT2D eigenvalue weighted by Crippen LogP contribution is -2.25. The Morgan fingerprint density at radius 2 is 1.10 bits per heavy atom. The third-order valence-corrected chi connectivity index (χ3v) is 13.8. The lowest BCUT2D eigenvalue weighted by atomic mass is 9.79. The summed E-state index contributed by atoms with van der Waals surface area (Å²) >= 11 is 0. The molecule has 1 atom stereocenters. The van der Waals surface area contributed by atoms with Crippen molar-refractivity contribution in [2.24, 2.45) is 0 Å². The molecule has 0 aliphatic heterocycles. The number of phenols is 1. The topological polar surface area (TPSA) is 59.2 Å². The molecule has 61 heavy (non-hydrogen) atoms. The molecule has 9 aromatic rings. The van der Waals surface area contributed by atoms with E-state index in [9.17, 15) is 5.11 Å². The molecule has 4 nitrogen and oxygen atoms in total. The predicted molar refractivity (Wildman–Crippen MR) is 257 cm³/mol. The van der Waals surface area contributed by atoms with Crippen LogP contribution < -0.4 is 16.0 Å². The number of hydrogen-bond acceptors (Lipinski definition) is 4. The maximum Gasteiger partial charge on any atom is 0.143 e. The molecule has 0 fully saturated rings. The molecule has 0 aliphatic rings. The quantitative estimate of drug-likeness (QED) is 0.155. The van der Waals surface area contributed by atoms with Crippen LogP contribution >= 0.6 is 7.92 Å². The molecule has 0 spiro atoms. The monoisotopic (exact) mass is 812 g/mol. The van der Waals surface area contributed by atoms with E-state index in [4.69, 9.17) is 14.4 Å². The summed E-state index contributed by atoms with van der Waals surface area (Å²) < 4.78 is 6.57. The molecular formula is C56H49N2O2P. The summed E-state index contributed by atoms with van der Waals surface area (Å²) in [5.74, 6) is 0.194. The summed E-state index contributed by atoms with van der Waals surface area (Å²) in [4.78, 5) is 10.4. The fourth-order valence-electron chi connectivity index (χ4n) is 8.03. The van der Waals surface area contributed by atoms with Crippen molar-refractivity contribution in [3.8, 4) is 61.6 Å². The van der Waals surface area contributed by atoms with Crippen LogP contribution in [0.15, 0.2) is 187 Å². The Morgan fingerprint density at radius 3 is 1.75 bits per heavy atom. The zero-order chi connectivity index (χ0) is 42.3. The van der Waals surface area contributed by atoms with Crippen LogP contribution in [0.3, 0.4) is 0 Å². The molecule has 6 aromatic carbocycles. The number of para-hydroxylation sites is 1. The van der Waals surface area contributed by atoms with Crippen molar-refractivity contribution >= 4 is 34.9 Å². The molecule has 1 unspecified atom stereocenters. The first-order valence-electron chi connectivity index (χ1n) is 20.9. The van der Waals surface area contributed by atoms with Crippen molar-refractivity contribution in [3.63, 3.8) is 0 Å². The SMILES string of the molecule is CC(C)(C)c1cc(-c2cc(-c3cccc(P(c4ccccn4)c4c(-c5ccccc5)cc(-c5ccccc5)c5ccoc45)c3)nc(-c3ccccc3O)c2)cc(C(C)(C)C)c1. The maximum absolute atomic E-state index is 11.2. The van der Waals surface area contributed by atoms with E-state index in [1.807, 2.05) is 36.7 Å². The minimum atomic E-state index is -1.27. The predicted octanol–water partition coefficient (Wildman–Crippen LogP) is 13.6. The number of furan rings is 1. The van der Waals surface area contributed by atoms with Crippen molar-refractivity contribution in [2.75, 3.05) is 0 Å². The van der Waals surface area contributed by atoms with Crippen molar-refractivity contribution in [1.82, 2.24) is 9.97 Å². The molecule has 300 valence electrons. The third-order valence-electron chi connectivity index (χ3n) is 11.4. The number of nitrogens with zero attached hydrogens (tertiary/aromatic N) is 2. The number of aromatic hydroxyl groups is 1. The highest BCUT2D eigenvalue weighted by atomic mass is 31.1. The second-order valence-corrected chi connectivity index (χ2v) is 19.8. The molecule has 3 heterocycles. The van der Waals surface area contributed by atoms with Crippen LogP contribution in [-0.4, -0.2) is 15.1 Å². The molecule has 0 saturated heterocycles. The number of benzene rings is 6. The second-order valence-electron chi connectivity index (χ2n) is 17.7. The number of rotatable bonds is 8. The highest BCUT2D eigenvalue weighted by Gasteiger charge is 2.28. The normalized spacial score (nSPS) is 12.4. The van der Waals surface area contributed by atoms with E-state index in [-0.39, 0.29) is 16.6 Å². The molecule has 0 radical (unpaired) electrons. The summed E-state index contributed by atoms with van der Waals surface area (Å²) in [5.41, 5.74) is 14.1. The van der Waals surface area contributed by atoms with Gasteiger partial charge in [0, 0.05) is 35.9 Å². The van der Waals surface area contributed by atoms with Crippen molar-refractivity contribution in [3.05, 3.63) is 193 Å². The largest absolute Gasteiger partial charge is 0.507 e. The van der Waals surface area contributed by atoms with Gasteiger partial charge in [0.15, 0.2) is 0 Å². The number of aromatic nitrogens is 2. The molecule has 5 heteroatoms. The van der Waals surface area contributed by atoms with Crippen molar-refractivity contribution in [2.45, 2.75) is 52.4 Å². The maximum atomic E-state index is 11.2. The van der Waals surface area contributed by atoms with E-state index >= 15 is 0 Å². The van der Waals surface area contributed by atoms with Crippen LogP contribution in [0, 0.1) is 0 Å². The summed E-state index contributed by atoms with van der Waals surface area (Å²) in [5, 5.41) is 14.5. The Kier molecular flexibility index (Phi) is 10.5. The number of pyridine rings is 2. The first-order chi connectivity index (χ1) is 29.4. The highest BCUT2D eigenvalue weighted by Crippen LogP contribution is 2.44. The van der Waals surface area contributed by atoms with E-state index in [0.29, 0.717) is 11.3 Å². The summed E-state index contributed by atoms with van der Waals surface area (Å²) in [6.07, 6.45) is 3.70. The Bertz CT molecular complexity index is 2960. The van der Waals surface area contributed by atoms with E-state index in [1.54, 1.807) is 6.07 Å². The molecule has 0 bridgehead atoms. The highest BCUT2D eigenvalue weighted by molar-refractivity contribution is 7.80. The molecule has 1 N–H and O–H groups in total. The van der Waals surface area contributed by atoms with Gasteiger partial charge < -0.3 is 9.52 Å². The fraction of sp³-hybridized carbons (Fsp3) is 0.143. The van der Waals surface area contributed by atoms with Crippen LogP contribution in [0.5, 0.6) is 5.75 Å². The molecular weight excluding hydrogens is 764 g/mol. The molecule has 9 rings (SSSR count). The minimum absolute atomic E-state index is 0.0549. The van der Waals surface area contributed by atoms with E-state index < -0.39 is 7.92 Å². The Morgan fingerprint density at radius 1 is 0.492 bits per heavy atom. The lowest BCUT2D eigenvalue weighted by Gasteiger charge is -2.26. The van der Waals surface area contributed by atoms with Crippen LogP contribution in [0.2, 0.25) is 0 Å². The van der Waals surface area contributed by atoms with Gasteiger partial charge in [-0.25, -0.2) is 4.98 Å². The van der Waals surface area contributed by atoms with Crippen LogP contribution in [-0.2, 0) is 10.8 Å². The van der Waals surface area contributed by atoms with E-state index in [2.05, 4.69) is 181 Å². The molecule has 0 aliphatic carbocycles. The second kappa shape index (κ2) is 16.1. The molecule has 0 amide bonds. The van der Waals surface area contributed by atoms with Gasteiger partial charge in [0.2, 0.25) is 0 Å². The van der Waals surface area contributed by atoms with Gasteiger partial charge in [0.1, 0.15) is 11.3 Å². The van der Waals surface area contributed by atoms with Crippen LogP contribution in [0.4, 0.5) is 0 Å². The number of hydrogen-bond donors (Lipinski definition) is 1. The Balaban J connectivity index is 1.29. The zero-order valence-electron chi connectivity index (χ0n) is 35.5. The average molecular weight is 813 g/mol. The Labute approximate surface area is 360 Å². The van der Waals surface area contributed by atoms with Crippen LogP contribution in [0.1, 0.15) is 52.7 Å². The summed E-state index contributed by atoms with van der Waals surface area (Å²) in [6, 6.07) is 59.3. The fourth-order valence-corrected chi connectivity index (χ4v) is 10.5. The standard InChI is InChI=1S/C56H49N2O2P/c1-55(2,3)42-30-40(31-43(35-42)56(4,5)6)41-33-49(58-50(34-41)46-24-13-14-25-51(46)59)39-22-17-23-44(32-39)61(52-26-15-16-28-57-52)54-48(38-20-11-8-12-21-38)36-47(37-18-9-7-10-19-37)45-27-29-60-53(45)54/h7-36,59H,1-6H3. The van der Waals surface area contributed by atoms with Gasteiger partial charge >= 0.3 is 0 Å². The lowest BCUT2D eigenvalue weighted by molar-refractivity contribution is 0.477. The van der Waals surface area contributed by atoms with Gasteiger partial charge in [-0.1, -0.05) is 157 Å². The van der Waals surface area contributed by atoms with Gasteiger partial charge in [-0.2, -0.15) is 0 Å². The third kappa shape index (κ3) is 8.04. The smallest absolute Gasteiger partial charge is 0.143 e. The molecule has 0 saturated carbocycles. The molecule has 3 aromatic heterocycles. The van der Waals surface area contributed by atoms with E-state index in [0.717, 1.165) is 71.7 Å². The number of fused-ring (bicyclic) bond motifs is 1. The zero-order valence-corrected chi connectivity index (χ0v) is 36.4. The van der Waals surface area contributed by atoms with Crippen molar-refractivity contribution in [1.29, 1.82) is 0 Å². The van der Waals surface area contributed by atoms with Gasteiger partial charge in [0.25, 0.3) is 0 Å². The average Bonchev–Trinajstić information content (AvgIpc) is 3.77. The minimum Gasteiger partial charge on any atom is -0.507 e. The number of phenolic OH excluding ortho intramolecular Hbond substituents is 1.